The fraction of sp³-hybridized carbons (Fsp3) is 0.900. The summed E-state index contributed by atoms with van der Waals surface area (Å²) in [5.41, 5.74) is 0. The van der Waals surface area contributed by atoms with Crippen LogP contribution in [0.5, 0.6) is 0 Å². The van der Waals surface area contributed by atoms with Crippen LogP contribution >= 0.6 is 0 Å². The minimum Gasteiger partial charge on any atom is -0.299 e. The van der Waals surface area contributed by atoms with Crippen molar-refractivity contribution in [1.82, 2.24) is 0 Å². The molecule has 0 aliphatic heterocycles. The maximum atomic E-state index is 11.4. The van der Waals surface area contributed by atoms with Gasteiger partial charge >= 0.3 is 0 Å². The van der Waals surface area contributed by atoms with Crippen molar-refractivity contribution in [2.75, 3.05) is 0 Å². The maximum Gasteiger partial charge on any atom is 0.136 e. The van der Waals surface area contributed by atoms with Crippen LogP contribution in [-0.2, 0) is 4.79 Å². The standard InChI is InChI=1S/C10H14O/c11-9-4-3-8-6-1-2-7(5-6)10(8)9/h6-8,10H,1-5H2/t6-,7+,8-,10+/m1/s1. The predicted octanol–water partition coefficient (Wildman–Crippen LogP) is 2.01. The van der Waals surface area contributed by atoms with Crippen molar-refractivity contribution < 1.29 is 4.79 Å². The average molecular weight is 150 g/mol. The van der Waals surface area contributed by atoms with E-state index in [0.717, 1.165) is 24.2 Å². The number of carbonyl (C=O) groups excluding carboxylic acids is 1. The molecule has 0 aromatic rings. The van der Waals surface area contributed by atoms with Crippen molar-refractivity contribution in [3.8, 4) is 0 Å². The first-order valence-corrected chi connectivity index (χ1v) is 4.89. The number of rotatable bonds is 0. The molecule has 0 unspecified atom stereocenters. The SMILES string of the molecule is O=C1CC[C@@H]2[C@@H]3CC[C@@H](C3)[C@H]12. The van der Waals surface area contributed by atoms with Crippen LogP contribution in [0.2, 0.25) is 0 Å². The van der Waals surface area contributed by atoms with Crippen LogP contribution in [-0.4, -0.2) is 5.78 Å². The molecule has 0 spiro atoms. The van der Waals surface area contributed by atoms with E-state index in [4.69, 9.17) is 0 Å². The van der Waals surface area contributed by atoms with Gasteiger partial charge in [-0.3, -0.25) is 4.79 Å². The van der Waals surface area contributed by atoms with E-state index in [-0.39, 0.29) is 0 Å². The molecule has 0 aromatic heterocycles. The van der Waals surface area contributed by atoms with Gasteiger partial charge in [-0.15, -0.1) is 0 Å². The molecule has 11 heavy (non-hydrogen) atoms. The van der Waals surface area contributed by atoms with Crippen molar-refractivity contribution in [3.05, 3.63) is 0 Å². The number of hydrogen-bond donors (Lipinski definition) is 0. The number of carbonyl (C=O) groups is 1. The van der Waals surface area contributed by atoms with Crippen LogP contribution < -0.4 is 0 Å². The summed E-state index contributed by atoms with van der Waals surface area (Å²) in [6.45, 7) is 0. The fourth-order valence-electron chi connectivity index (χ4n) is 3.80. The molecule has 0 aromatic carbocycles. The van der Waals surface area contributed by atoms with E-state index >= 15 is 0 Å². The summed E-state index contributed by atoms with van der Waals surface area (Å²) in [7, 11) is 0. The van der Waals surface area contributed by atoms with Gasteiger partial charge in [-0.1, -0.05) is 0 Å². The number of Topliss-reactive ketones (excluding diaryl/α,β-unsaturated/α-hetero) is 1. The average Bonchev–Trinajstić information content (AvgIpc) is 2.60. The molecule has 0 heterocycles. The Balaban J connectivity index is 1.97. The van der Waals surface area contributed by atoms with E-state index in [1.807, 2.05) is 0 Å². The number of ketones is 1. The Morgan fingerprint density at radius 3 is 2.73 bits per heavy atom. The van der Waals surface area contributed by atoms with Gasteiger partial charge in [0.05, 0.1) is 0 Å². The highest BCUT2D eigenvalue weighted by atomic mass is 16.1. The molecule has 3 saturated carbocycles. The van der Waals surface area contributed by atoms with Gasteiger partial charge in [0.2, 0.25) is 0 Å². The van der Waals surface area contributed by atoms with Gasteiger partial charge in [0.1, 0.15) is 5.78 Å². The monoisotopic (exact) mass is 150 g/mol. The van der Waals surface area contributed by atoms with Crippen molar-refractivity contribution in [3.63, 3.8) is 0 Å². The Labute approximate surface area is 67.2 Å². The molecule has 3 rings (SSSR count). The molecule has 0 saturated heterocycles. The summed E-state index contributed by atoms with van der Waals surface area (Å²) in [6.07, 6.45) is 6.31. The summed E-state index contributed by atoms with van der Waals surface area (Å²) in [5.74, 6) is 3.74. The fourth-order valence-corrected chi connectivity index (χ4v) is 3.80. The minimum atomic E-state index is 0.536. The summed E-state index contributed by atoms with van der Waals surface area (Å²) >= 11 is 0. The first kappa shape index (κ1) is 6.22. The molecular formula is C10H14O. The zero-order valence-corrected chi connectivity index (χ0v) is 6.75. The second-order valence-electron chi connectivity index (χ2n) is 4.53. The van der Waals surface area contributed by atoms with Gasteiger partial charge < -0.3 is 0 Å². The van der Waals surface area contributed by atoms with Gasteiger partial charge in [0, 0.05) is 12.3 Å². The third kappa shape index (κ3) is 0.646. The van der Waals surface area contributed by atoms with Crippen LogP contribution in [0.1, 0.15) is 32.1 Å². The lowest BCUT2D eigenvalue weighted by Gasteiger charge is -2.22. The first-order chi connectivity index (χ1) is 5.36. The van der Waals surface area contributed by atoms with E-state index in [1.165, 1.54) is 25.7 Å². The molecule has 3 aliphatic rings. The molecule has 1 nitrogen and oxygen atoms in total. The van der Waals surface area contributed by atoms with E-state index in [9.17, 15) is 4.79 Å². The highest BCUT2D eigenvalue weighted by Gasteiger charge is 2.52. The van der Waals surface area contributed by atoms with E-state index in [1.54, 1.807) is 0 Å². The highest BCUT2D eigenvalue weighted by Crippen LogP contribution is 2.57. The highest BCUT2D eigenvalue weighted by molar-refractivity contribution is 5.84. The number of hydrogen-bond acceptors (Lipinski definition) is 1. The second kappa shape index (κ2) is 1.88. The molecule has 3 aliphatic carbocycles. The zero-order chi connectivity index (χ0) is 7.42. The van der Waals surface area contributed by atoms with E-state index in [2.05, 4.69) is 0 Å². The molecule has 2 bridgehead atoms. The van der Waals surface area contributed by atoms with E-state index in [0.29, 0.717) is 11.7 Å². The van der Waals surface area contributed by atoms with Crippen molar-refractivity contribution in [2.45, 2.75) is 32.1 Å². The Hall–Kier alpha value is -0.330. The molecular weight excluding hydrogens is 136 g/mol. The quantitative estimate of drug-likeness (QED) is 0.516. The third-order valence-electron chi connectivity index (χ3n) is 4.18. The molecule has 3 fully saturated rings. The van der Waals surface area contributed by atoms with Crippen LogP contribution in [0.15, 0.2) is 0 Å². The lowest BCUT2D eigenvalue weighted by atomic mass is 9.81. The third-order valence-corrected chi connectivity index (χ3v) is 4.18. The van der Waals surface area contributed by atoms with Crippen LogP contribution in [0.3, 0.4) is 0 Å². The van der Waals surface area contributed by atoms with Gasteiger partial charge in [0.15, 0.2) is 0 Å². The van der Waals surface area contributed by atoms with E-state index < -0.39 is 0 Å². The van der Waals surface area contributed by atoms with Gasteiger partial charge in [0.25, 0.3) is 0 Å². The Bertz CT molecular complexity index is 209. The molecule has 4 atom stereocenters. The molecule has 0 amide bonds. The van der Waals surface area contributed by atoms with Gasteiger partial charge in [-0.25, -0.2) is 0 Å². The molecule has 1 heteroatoms. The van der Waals surface area contributed by atoms with Crippen molar-refractivity contribution in [1.29, 1.82) is 0 Å². The Morgan fingerprint density at radius 2 is 1.91 bits per heavy atom. The summed E-state index contributed by atoms with van der Waals surface area (Å²) in [5, 5.41) is 0. The van der Waals surface area contributed by atoms with Crippen LogP contribution in [0, 0.1) is 23.7 Å². The minimum absolute atomic E-state index is 0.536. The Kier molecular flexibility index (Phi) is 1.06. The van der Waals surface area contributed by atoms with Gasteiger partial charge in [-0.05, 0) is 43.4 Å². The normalized spacial score (nSPS) is 53.6. The van der Waals surface area contributed by atoms with Crippen molar-refractivity contribution >= 4 is 5.78 Å². The second-order valence-corrected chi connectivity index (χ2v) is 4.53. The summed E-state index contributed by atoms with van der Waals surface area (Å²) < 4.78 is 0. The van der Waals surface area contributed by atoms with Crippen molar-refractivity contribution in [2.24, 2.45) is 23.7 Å². The molecule has 0 radical (unpaired) electrons. The van der Waals surface area contributed by atoms with Crippen LogP contribution in [0.4, 0.5) is 0 Å². The molecule has 0 N–H and O–H groups in total. The number of fused-ring (bicyclic) bond motifs is 5. The lowest BCUT2D eigenvalue weighted by Crippen LogP contribution is -2.21. The summed E-state index contributed by atoms with van der Waals surface area (Å²) in [6, 6.07) is 0. The van der Waals surface area contributed by atoms with Gasteiger partial charge in [-0.2, -0.15) is 0 Å². The zero-order valence-electron chi connectivity index (χ0n) is 6.75. The largest absolute Gasteiger partial charge is 0.299 e. The first-order valence-electron chi connectivity index (χ1n) is 4.89. The lowest BCUT2D eigenvalue weighted by molar-refractivity contribution is -0.122. The molecule has 60 valence electrons. The maximum absolute atomic E-state index is 11.4. The Morgan fingerprint density at radius 1 is 1.09 bits per heavy atom. The summed E-state index contributed by atoms with van der Waals surface area (Å²) in [4.78, 5) is 11.4. The van der Waals surface area contributed by atoms with Crippen LogP contribution in [0.25, 0.3) is 0 Å². The smallest absolute Gasteiger partial charge is 0.136 e. The topological polar surface area (TPSA) is 17.1 Å². The predicted molar refractivity (Wildman–Crippen MR) is 42.1 cm³/mol.